The van der Waals surface area contributed by atoms with Crippen LogP contribution in [0.3, 0.4) is 0 Å². The smallest absolute Gasteiger partial charge is 0.347 e. The van der Waals surface area contributed by atoms with Gasteiger partial charge in [-0.3, -0.25) is 5.21 Å². The van der Waals surface area contributed by atoms with Crippen LogP contribution in [0.2, 0.25) is 5.02 Å². The van der Waals surface area contributed by atoms with E-state index in [0.717, 1.165) is 0 Å². The number of carbonyl (C=O) groups is 1. The molecule has 11 heteroatoms. The zero-order chi connectivity index (χ0) is 19.8. The van der Waals surface area contributed by atoms with Crippen LogP contribution in [0.4, 0.5) is 10.8 Å². The minimum atomic E-state index is -4.09. The van der Waals surface area contributed by atoms with Gasteiger partial charge in [0.05, 0.1) is 4.90 Å². The van der Waals surface area contributed by atoms with Crippen molar-refractivity contribution in [2.75, 3.05) is 5.06 Å². The Bertz CT molecular complexity index is 1110. The molecule has 5 N–H and O–H groups in total. The van der Waals surface area contributed by atoms with Crippen LogP contribution in [0.1, 0.15) is 0 Å². The highest BCUT2D eigenvalue weighted by Crippen LogP contribution is 2.38. The van der Waals surface area contributed by atoms with Crippen molar-refractivity contribution in [2.45, 2.75) is 4.90 Å². The number of primary sulfonamides is 1. The summed E-state index contributed by atoms with van der Waals surface area (Å²) in [5.74, 6) is 0.0815. The monoisotopic (exact) mass is 408 g/mol. The van der Waals surface area contributed by atoms with E-state index in [1.807, 2.05) is 0 Å². The second-order valence-corrected chi connectivity index (χ2v) is 7.34. The molecule has 0 saturated carbocycles. The third kappa shape index (κ3) is 3.78. The summed E-state index contributed by atoms with van der Waals surface area (Å²) in [5.41, 5.74) is 5.66. The fourth-order valence-corrected chi connectivity index (χ4v) is 3.25. The number of primary amides is 1. The number of urea groups is 1. The van der Waals surface area contributed by atoms with Crippen LogP contribution in [-0.4, -0.2) is 24.6 Å². The number of halogens is 1. The highest BCUT2D eigenvalue weighted by molar-refractivity contribution is 7.89. The maximum absolute atomic E-state index is 11.9. The third-order valence-corrected chi connectivity index (χ3v) is 4.78. The Balaban J connectivity index is 2.29. The molecule has 2 amide bonds. The third-order valence-electron chi connectivity index (χ3n) is 3.56. The predicted molar refractivity (Wildman–Crippen MR) is 97.6 cm³/mol. The number of nitrogens with zero attached hydrogens (tertiary/aromatic N) is 2. The first kappa shape index (κ1) is 18.9. The van der Waals surface area contributed by atoms with Gasteiger partial charge in [0, 0.05) is 16.1 Å². The van der Waals surface area contributed by atoms with E-state index in [2.05, 4.69) is 4.98 Å². The highest BCUT2D eigenvalue weighted by atomic mass is 35.5. The molecule has 2 aromatic carbocycles. The number of hydrogen-bond donors (Lipinski definition) is 3. The van der Waals surface area contributed by atoms with Crippen LogP contribution in [-0.2, 0) is 10.0 Å². The molecule has 0 radical (unpaired) electrons. The maximum atomic E-state index is 11.9. The molecule has 0 saturated heterocycles. The van der Waals surface area contributed by atoms with E-state index in [1.54, 1.807) is 30.3 Å². The molecule has 1 aromatic heterocycles. The highest BCUT2D eigenvalue weighted by Gasteiger charge is 2.26. The lowest BCUT2D eigenvalue weighted by Gasteiger charge is -2.06. The van der Waals surface area contributed by atoms with Crippen molar-refractivity contribution >= 4 is 33.7 Å². The molecule has 0 fully saturated rings. The lowest BCUT2D eigenvalue weighted by atomic mass is 10.1. The fourth-order valence-electron chi connectivity index (χ4n) is 2.38. The molecule has 3 rings (SSSR count). The molecule has 0 aliphatic carbocycles. The molecular formula is C16H13ClN4O5S. The Morgan fingerprint density at radius 2 is 1.78 bits per heavy atom. The minimum absolute atomic E-state index is 0.00246. The molecule has 1 heterocycles. The number of nitrogens with two attached hydrogens (primary N) is 2. The molecule has 9 nitrogen and oxygen atoms in total. The van der Waals surface area contributed by atoms with Gasteiger partial charge in [-0.2, -0.15) is 4.98 Å². The van der Waals surface area contributed by atoms with Crippen molar-refractivity contribution in [3.8, 4) is 22.6 Å². The lowest BCUT2D eigenvalue weighted by Crippen LogP contribution is -2.32. The van der Waals surface area contributed by atoms with E-state index in [1.165, 1.54) is 18.2 Å². The summed E-state index contributed by atoms with van der Waals surface area (Å²) in [6, 6.07) is 10.4. The largest absolute Gasteiger partial charge is 0.421 e. The van der Waals surface area contributed by atoms with Gasteiger partial charge in [-0.15, -0.1) is 5.06 Å². The Morgan fingerprint density at radius 1 is 1.15 bits per heavy atom. The van der Waals surface area contributed by atoms with Crippen LogP contribution >= 0.6 is 11.6 Å². The number of rotatable bonds is 4. The van der Waals surface area contributed by atoms with Crippen LogP contribution in [0, 0.1) is 0 Å². The quantitative estimate of drug-likeness (QED) is 0.445. The van der Waals surface area contributed by atoms with Crippen molar-refractivity contribution in [1.82, 2.24) is 4.98 Å². The van der Waals surface area contributed by atoms with E-state index in [0.29, 0.717) is 10.6 Å². The van der Waals surface area contributed by atoms with Gasteiger partial charge >= 0.3 is 12.0 Å². The maximum Gasteiger partial charge on any atom is 0.347 e. The van der Waals surface area contributed by atoms with Crippen LogP contribution in [0.15, 0.2) is 57.8 Å². The van der Waals surface area contributed by atoms with E-state index < -0.39 is 22.1 Å². The van der Waals surface area contributed by atoms with Crippen molar-refractivity contribution in [3.05, 3.63) is 53.6 Å². The van der Waals surface area contributed by atoms with E-state index in [4.69, 9.17) is 26.9 Å². The van der Waals surface area contributed by atoms with Gasteiger partial charge < -0.3 is 10.2 Å². The van der Waals surface area contributed by atoms with Gasteiger partial charge in [-0.25, -0.2) is 18.4 Å². The van der Waals surface area contributed by atoms with Crippen molar-refractivity contribution in [1.29, 1.82) is 0 Å². The zero-order valence-corrected chi connectivity index (χ0v) is 15.1. The number of hydroxylamine groups is 1. The molecule has 0 spiro atoms. The Morgan fingerprint density at radius 3 is 2.37 bits per heavy atom. The van der Waals surface area contributed by atoms with Gasteiger partial charge in [0.2, 0.25) is 10.0 Å². The molecule has 0 aliphatic heterocycles. The molecule has 0 unspecified atom stereocenters. The van der Waals surface area contributed by atoms with Crippen LogP contribution in [0.5, 0.6) is 0 Å². The van der Waals surface area contributed by atoms with Gasteiger partial charge in [0.1, 0.15) is 5.69 Å². The van der Waals surface area contributed by atoms with Crippen molar-refractivity contribution in [2.24, 2.45) is 10.9 Å². The van der Waals surface area contributed by atoms with Gasteiger partial charge in [-0.1, -0.05) is 29.8 Å². The summed E-state index contributed by atoms with van der Waals surface area (Å²) in [6.45, 7) is 0. The van der Waals surface area contributed by atoms with E-state index in [9.17, 15) is 18.4 Å². The minimum Gasteiger partial charge on any atom is -0.421 e. The Labute approximate surface area is 158 Å². The molecule has 140 valence electrons. The molecule has 0 bridgehead atoms. The summed E-state index contributed by atoms with van der Waals surface area (Å²) in [6.07, 6.45) is 0. The average molecular weight is 409 g/mol. The van der Waals surface area contributed by atoms with E-state index >= 15 is 0 Å². The number of oxazole rings is 1. The first-order chi connectivity index (χ1) is 12.7. The van der Waals surface area contributed by atoms with Gasteiger partial charge in [0.15, 0.2) is 5.76 Å². The number of anilines is 1. The summed E-state index contributed by atoms with van der Waals surface area (Å²) >= 11 is 5.89. The number of benzene rings is 2. The zero-order valence-electron chi connectivity index (χ0n) is 13.5. The van der Waals surface area contributed by atoms with Crippen LogP contribution < -0.4 is 15.9 Å². The van der Waals surface area contributed by atoms with Crippen molar-refractivity contribution in [3.63, 3.8) is 0 Å². The summed E-state index contributed by atoms with van der Waals surface area (Å²) in [4.78, 5) is 15.1. The summed E-state index contributed by atoms with van der Waals surface area (Å²) in [5, 5.41) is 15.5. The first-order valence-electron chi connectivity index (χ1n) is 7.36. The predicted octanol–water partition coefficient (Wildman–Crippen LogP) is 2.58. The second-order valence-electron chi connectivity index (χ2n) is 5.37. The lowest BCUT2D eigenvalue weighted by molar-refractivity contribution is 0.203. The average Bonchev–Trinajstić information content (AvgIpc) is 3.06. The second kappa shape index (κ2) is 7.00. The van der Waals surface area contributed by atoms with Crippen molar-refractivity contribution < 1.29 is 22.8 Å². The summed E-state index contributed by atoms with van der Waals surface area (Å²) in [7, 11) is -4.09. The molecule has 0 atom stereocenters. The van der Waals surface area contributed by atoms with Gasteiger partial charge in [-0.05, 0) is 30.3 Å². The number of aromatic nitrogens is 1. The molecule has 0 aliphatic rings. The SMILES string of the molecule is NC(=O)N(O)c1nc(-c2ccccc2S(N)(=O)=O)c(-c2ccc(Cl)cc2)o1. The standard InChI is InChI=1S/C16H13ClN4O5S/c17-10-7-5-9(6-8-10)14-13(20-16(26-14)21(23)15(18)22)11-3-1-2-4-12(11)27(19,24)25/h1-8,23H,(H2,18,22)(H2,19,24,25). The number of sulfonamides is 1. The molecule has 3 aromatic rings. The van der Waals surface area contributed by atoms with Crippen LogP contribution in [0.25, 0.3) is 22.6 Å². The number of carbonyl (C=O) groups excluding carboxylic acids is 1. The fraction of sp³-hybridized carbons (Fsp3) is 0. The topological polar surface area (TPSA) is 153 Å². The Kier molecular flexibility index (Phi) is 4.89. The normalized spacial score (nSPS) is 11.4. The number of amides is 2. The Hall–Kier alpha value is -2.92. The van der Waals surface area contributed by atoms with Gasteiger partial charge in [0.25, 0.3) is 0 Å². The molecule has 27 heavy (non-hydrogen) atoms. The summed E-state index contributed by atoms with van der Waals surface area (Å²) < 4.78 is 29.3. The number of hydrogen-bond acceptors (Lipinski definition) is 6. The van der Waals surface area contributed by atoms with E-state index in [-0.39, 0.29) is 27.0 Å². The molecular weight excluding hydrogens is 396 g/mol. The first-order valence-corrected chi connectivity index (χ1v) is 9.28.